The maximum atomic E-state index is 13.7. The quantitative estimate of drug-likeness (QED) is 0.839. The number of benzene rings is 1. The van der Waals surface area contributed by atoms with E-state index in [0.29, 0.717) is 18.7 Å². The molecule has 0 radical (unpaired) electrons. The molecule has 1 fully saturated rings. The molecule has 2 N–H and O–H groups in total. The largest absolute Gasteiger partial charge is 0.381 e. The molecule has 1 aromatic carbocycles. The average molecular weight is 247 g/mol. The molecule has 5 heteroatoms. The van der Waals surface area contributed by atoms with Crippen LogP contribution in [0.1, 0.15) is 24.5 Å². The van der Waals surface area contributed by atoms with E-state index < -0.39 is 0 Å². The maximum absolute atomic E-state index is 13.7. The van der Waals surface area contributed by atoms with E-state index in [0.717, 1.165) is 23.9 Å². The normalized spacial score (nSPS) is 17.2. The summed E-state index contributed by atoms with van der Waals surface area (Å²) in [6.07, 6.45) is 1.78. The molecule has 1 aliphatic heterocycles. The van der Waals surface area contributed by atoms with Crippen molar-refractivity contribution in [3.8, 4) is 0 Å². The van der Waals surface area contributed by atoms with Gasteiger partial charge in [-0.2, -0.15) is 0 Å². The van der Waals surface area contributed by atoms with Crippen LogP contribution >= 0.6 is 0 Å². The predicted octanol–water partition coefficient (Wildman–Crippen LogP) is 2.25. The van der Waals surface area contributed by atoms with Crippen LogP contribution in [0.25, 0.3) is 10.9 Å². The second-order valence-corrected chi connectivity index (χ2v) is 4.49. The van der Waals surface area contributed by atoms with Gasteiger partial charge in [-0.3, -0.25) is 0 Å². The SMILES string of the molecule is Nc1nc(C2CCOCC2)c2cccc(F)c2n1. The van der Waals surface area contributed by atoms with Crippen molar-refractivity contribution in [1.82, 2.24) is 9.97 Å². The Morgan fingerprint density at radius 3 is 2.78 bits per heavy atom. The van der Waals surface area contributed by atoms with Crippen molar-refractivity contribution < 1.29 is 9.13 Å². The van der Waals surface area contributed by atoms with E-state index in [1.54, 1.807) is 6.07 Å². The lowest BCUT2D eigenvalue weighted by Gasteiger charge is -2.22. The Morgan fingerprint density at radius 1 is 1.22 bits per heavy atom. The summed E-state index contributed by atoms with van der Waals surface area (Å²) in [6.45, 7) is 1.43. The Hall–Kier alpha value is -1.75. The highest BCUT2D eigenvalue weighted by molar-refractivity contribution is 5.82. The second-order valence-electron chi connectivity index (χ2n) is 4.49. The minimum Gasteiger partial charge on any atom is -0.381 e. The number of aromatic nitrogens is 2. The van der Waals surface area contributed by atoms with Gasteiger partial charge in [-0.25, -0.2) is 14.4 Å². The van der Waals surface area contributed by atoms with Crippen LogP contribution in [-0.2, 0) is 4.74 Å². The molecule has 1 aromatic heterocycles. The van der Waals surface area contributed by atoms with Gasteiger partial charge < -0.3 is 10.5 Å². The van der Waals surface area contributed by atoms with Gasteiger partial charge in [-0.15, -0.1) is 0 Å². The Balaban J connectivity index is 2.18. The zero-order chi connectivity index (χ0) is 12.5. The molecule has 0 unspecified atom stereocenters. The van der Waals surface area contributed by atoms with Gasteiger partial charge in [-0.05, 0) is 18.9 Å². The zero-order valence-electron chi connectivity index (χ0n) is 9.90. The fourth-order valence-electron chi connectivity index (χ4n) is 2.44. The maximum Gasteiger partial charge on any atom is 0.220 e. The summed E-state index contributed by atoms with van der Waals surface area (Å²) in [5.74, 6) is 0.0531. The number of ether oxygens (including phenoxy) is 1. The second kappa shape index (κ2) is 4.49. The first-order chi connectivity index (χ1) is 8.75. The Morgan fingerprint density at radius 2 is 2.00 bits per heavy atom. The first kappa shape index (κ1) is 11.3. The number of fused-ring (bicyclic) bond motifs is 1. The summed E-state index contributed by atoms with van der Waals surface area (Å²) in [7, 11) is 0. The van der Waals surface area contributed by atoms with Crippen LogP contribution in [0.5, 0.6) is 0 Å². The number of nitrogens with zero attached hydrogens (tertiary/aromatic N) is 2. The first-order valence-corrected chi connectivity index (χ1v) is 6.05. The van der Waals surface area contributed by atoms with Gasteiger partial charge in [0, 0.05) is 24.5 Å². The Labute approximate surface area is 104 Å². The fourth-order valence-corrected chi connectivity index (χ4v) is 2.44. The number of nitrogen functional groups attached to an aromatic ring is 1. The standard InChI is InChI=1S/C13H14FN3O/c14-10-3-1-2-9-11(8-4-6-18-7-5-8)16-13(15)17-12(9)10/h1-3,8H,4-7H2,(H2,15,16,17). The van der Waals surface area contributed by atoms with Gasteiger partial charge in [0.2, 0.25) is 5.95 Å². The van der Waals surface area contributed by atoms with Crippen LogP contribution in [0, 0.1) is 5.82 Å². The highest BCUT2D eigenvalue weighted by atomic mass is 19.1. The van der Waals surface area contributed by atoms with Crippen LogP contribution in [0.3, 0.4) is 0 Å². The Bertz CT molecular complexity index is 582. The number of hydrogen-bond acceptors (Lipinski definition) is 4. The monoisotopic (exact) mass is 247 g/mol. The van der Waals surface area contributed by atoms with Gasteiger partial charge in [0.1, 0.15) is 11.3 Å². The van der Waals surface area contributed by atoms with E-state index in [1.807, 2.05) is 6.07 Å². The number of nitrogens with two attached hydrogens (primary N) is 1. The summed E-state index contributed by atoms with van der Waals surface area (Å²) in [6, 6.07) is 4.92. The number of hydrogen-bond donors (Lipinski definition) is 1. The van der Waals surface area contributed by atoms with Gasteiger partial charge in [0.25, 0.3) is 0 Å². The molecule has 1 saturated heterocycles. The van der Waals surface area contributed by atoms with Crippen molar-refractivity contribution in [1.29, 1.82) is 0 Å². The van der Waals surface area contributed by atoms with Crippen molar-refractivity contribution in [3.63, 3.8) is 0 Å². The van der Waals surface area contributed by atoms with E-state index in [2.05, 4.69) is 9.97 Å². The van der Waals surface area contributed by atoms with Crippen LogP contribution < -0.4 is 5.73 Å². The minimum absolute atomic E-state index is 0.133. The first-order valence-electron chi connectivity index (χ1n) is 6.05. The van der Waals surface area contributed by atoms with Crippen molar-refractivity contribution in [2.75, 3.05) is 18.9 Å². The topological polar surface area (TPSA) is 61.0 Å². The summed E-state index contributed by atoms with van der Waals surface area (Å²) in [5, 5.41) is 0.760. The lowest BCUT2D eigenvalue weighted by molar-refractivity contribution is 0.0848. The Kier molecular flexibility index (Phi) is 2.83. The molecule has 2 heterocycles. The number of para-hydroxylation sites is 1. The molecule has 1 aliphatic rings. The molecular weight excluding hydrogens is 233 g/mol. The van der Waals surface area contributed by atoms with Gasteiger partial charge in [0.15, 0.2) is 0 Å². The molecule has 94 valence electrons. The number of rotatable bonds is 1. The van der Waals surface area contributed by atoms with Gasteiger partial charge in [-0.1, -0.05) is 12.1 Å². The van der Waals surface area contributed by atoms with E-state index in [4.69, 9.17) is 10.5 Å². The number of halogens is 1. The molecule has 2 aromatic rings. The fraction of sp³-hybridized carbons (Fsp3) is 0.385. The summed E-state index contributed by atoms with van der Waals surface area (Å²) in [4.78, 5) is 8.30. The number of anilines is 1. The van der Waals surface area contributed by atoms with Crippen molar-refractivity contribution in [3.05, 3.63) is 29.7 Å². The highest BCUT2D eigenvalue weighted by Crippen LogP contribution is 2.31. The third-order valence-corrected chi connectivity index (χ3v) is 3.33. The van der Waals surface area contributed by atoms with Gasteiger partial charge in [0.05, 0.1) is 5.69 Å². The molecule has 0 bridgehead atoms. The van der Waals surface area contributed by atoms with Crippen molar-refractivity contribution in [2.45, 2.75) is 18.8 Å². The summed E-state index contributed by atoms with van der Waals surface area (Å²) < 4.78 is 19.1. The van der Waals surface area contributed by atoms with Crippen molar-refractivity contribution in [2.24, 2.45) is 0 Å². The summed E-state index contributed by atoms with van der Waals surface area (Å²) in [5.41, 5.74) is 6.84. The molecular formula is C13H14FN3O. The van der Waals surface area contributed by atoms with E-state index in [-0.39, 0.29) is 17.7 Å². The third kappa shape index (κ3) is 1.90. The molecule has 0 aliphatic carbocycles. The molecule has 0 amide bonds. The van der Waals surface area contributed by atoms with E-state index in [1.165, 1.54) is 6.07 Å². The smallest absolute Gasteiger partial charge is 0.220 e. The highest BCUT2D eigenvalue weighted by Gasteiger charge is 2.21. The molecule has 18 heavy (non-hydrogen) atoms. The molecule has 0 atom stereocenters. The van der Waals surface area contributed by atoms with Crippen molar-refractivity contribution >= 4 is 16.9 Å². The van der Waals surface area contributed by atoms with Crippen LogP contribution in [0.15, 0.2) is 18.2 Å². The van der Waals surface area contributed by atoms with Gasteiger partial charge >= 0.3 is 0 Å². The lowest BCUT2D eigenvalue weighted by atomic mass is 9.93. The molecule has 0 spiro atoms. The summed E-state index contributed by atoms with van der Waals surface area (Å²) >= 11 is 0. The molecule has 0 saturated carbocycles. The molecule has 4 nitrogen and oxygen atoms in total. The third-order valence-electron chi connectivity index (χ3n) is 3.33. The average Bonchev–Trinajstić information content (AvgIpc) is 2.40. The zero-order valence-corrected chi connectivity index (χ0v) is 9.90. The molecule has 3 rings (SSSR count). The van der Waals surface area contributed by atoms with Crippen LogP contribution in [0.2, 0.25) is 0 Å². The lowest BCUT2D eigenvalue weighted by Crippen LogP contribution is -2.16. The van der Waals surface area contributed by atoms with E-state index >= 15 is 0 Å². The predicted molar refractivity (Wildman–Crippen MR) is 66.7 cm³/mol. The van der Waals surface area contributed by atoms with Crippen LogP contribution in [-0.4, -0.2) is 23.2 Å². The van der Waals surface area contributed by atoms with Crippen LogP contribution in [0.4, 0.5) is 10.3 Å². The van der Waals surface area contributed by atoms with E-state index in [9.17, 15) is 4.39 Å². The minimum atomic E-state index is -0.352.